The van der Waals surface area contributed by atoms with Crippen molar-refractivity contribution in [3.05, 3.63) is 75.3 Å². The molecule has 10 heteroatoms. The van der Waals surface area contributed by atoms with Crippen molar-refractivity contribution < 1.29 is 18.3 Å². The Morgan fingerprint density at radius 3 is 2.58 bits per heavy atom. The molecule has 4 rings (SSSR count). The Morgan fingerprint density at radius 1 is 1.03 bits per heavy atom. The van der Waals surface area contributed by atoms with Gasteiger partial charge in [-0.2, -0.15) is 4.39 Å². The van der Waals surface area contributed by atoms with Crippen LogP contribution in [0.2, 0.25) is 0 Å². The van der Waals surface area contributed by atoms with Crippen LogP contribution in [0.4, 0.5) is 8.78 Å². The number of benzene rings is 1. The number of imidazole rings is 1. The molecule has 3 aromatic heterocycles. The van der Waals surface area contributed by atoms with E-state index in [1.54, 1.807) is 24.3 Å². The highest BCUT2D eigenvalue weighted by atomic mass is 79.9. The molecule has 0 atom stereocenters. The van der Waals surface area contributed by atoms with E-state index in [1.165, 1.54) is 31.6 Å². The standard InChI is InChI=1S/C21H14Br2F2N4O2/c1-30-17-7-13(31-10-16-15(24)6-12(22)9-26-16)3-4-14(17)19-20(23)29-21(28-19)11-2-5-18(25)27-8-11/h2-9H,10H2,1H3,(H,28,29). The lowest BCUT2D eigenvalue weighted by atomic mass is 10.1. The zero-order valence-corrected chi connectivity index (χ0v) is 19.2. The van der Waals surface area contributed by atoms with Crippen molar-refractivity contribution in [1.29, 1.82) is 0 Å². The van der Waals surface area contributed by atoms with Crippen LogP contribution in [0.25, 0.3) is 22.6 Å². The highest BCUT2D eigenvalue weighted by molar-refractivity contribution is 9.10. The number of hydrogen-bond acceptors (Lipinski definition) is 5. The van der Waals surface area contributed by atoms with Crippen LogP contribution in [0, 0.1) is 11.8 Å². The number of hydrogen-bond donors (Lipinski definition) is 1. The summed E-state index contributed by atoms with van der Waals surface area (Å²) in [6.07, 6.45) is 2.91. The van der Waals surface area contributed by atoms with Crippen LogP contribution in [0.5, 0.6) is 11.5 Å². The fraction of sp³-hybridized carbons (Fsp3) is 0.0952. The number of pyridine rings is 2. The second-order valence-corrected chi connectivity index (χ2v) is 8.02. The van der Waals surface area contributed by atoms with E-state index in [2.05, 4.69) is 51.8 Å². The maximum absolute atomic E-state index is 14.0. The van der Waals surface area contributed by atoms with Gasteiger partial charge in [0.1, 0.15) is 40.0 Å². The van der Waals surface area contributed by atoms with E-state index in [1.807, 2.05) is 0 Å². The van der Waals surface area contributed by atoms with Gasteiger partial charge in [-0.1, -0.05) is 0 Å². The summed E-state index contributed by atoms with van der Waals surface area (Å²) in [7, 11) is 1.54. The number of rotatable bonds is 6. The second-order valence-electron chi connectivity index (χ2n) is 6.35. The molecular formula is C21H14Br2F2N4O2. The van der Waals surface area contributed by atoms with Gasteiger partial charge in [0.15, 0.2) is 0 Å². The molecule has 31 heavy (non-hydrogen) atoms. The minimum Gasteiger partial charge on any atom is -0.496 e. The molecule has 0 radical (unpaired) electrons. The molecule has 0 spiro atoms. The third-order valence-corrected chi connectivity index (χ3v) is 5.37. The molecule has 6 nitrogen and oxygen atoms in total. The predicted octanol–water partition coefficient (Wildman–Crippen LogP) is 5.92. The molecule has 0 saturated heterocycles. The van der Waals surface area contributed by atoms with Crippen LogP contribution < -0.4 is 9.47 Å². The van der Waals surface area contributed by atoms with Crippen LogP contribution >= 0.6 is 31.9 Å². The van der Waals surface area contributed by atoms with Gasteiger partial charge in [0.25, 0.3) is 0 Å². The third-order valence-electron chi connectivity index (χ3n) is 4.36. The fourth-order valence-corrected chi connectivity index (χ4v) is 3.65. The molecule has 1 N–H and O–H groups in total. The minimum atomic E-state index is -0.565. The maximum Gasteiger partial charge on any atom is 0.212 e. The average Bonchev–Trinajstić information content (AvgIpc) is 3.14. The molecule has 0 amide bonds. The van der Waals surface area contributed by atoms with Crippen molar-refractivity contribution in [3.8, 4) is 34.1 Å². The molecule has 158 valence electrons. The highest BCUT2D eigenvalue weighted by Crippen LogP contribution is 2.37. The van der Waals surface area contributed by atoms with E-state index < -0.39 is 11.8 Å². The lowest BCUT2D eigenvalue weighted by Gasteiger charge is -2.11. The lowest BCUT2D eigenvalue weighted by Crippen LogP contribution is -2.02. The van der Waals surface area contributed by atoms with Crippen molar-refractivity contribution in [3.63, 3.8) is 0 Å². The van der Waals surface area contributed by atoms with Gasteiger partial charge in [0.05, 0.1) is 12.8 Å². The Balaban J connectivity index is 1.59. The number of nitrogens with zero attached hydrogens (tertiary/aromatic N) is 3. The molecule has 1 aromatic carbocycles. The first-order valence-corrected chi connectivity index (χ1v) is 10.5. The summed E-state index contributed by atoms with van der Waals surface area (Å²) in [6, 6.07) is 9.41. The summed E-state index contributed by atoms with van der Waals surface area (Å²) in [5.74, 6) is 0.513. The van der Waals surface area contributed by atoms with Crippen molar-refractivity contribution in [2.75, 3.05) is 7.11 Å². The minimum absolute atomic E-state index is 0.0307. The van der Waals surface area contributed by atoms with Gasteiger partial charge in [-0.3, -0.25) is 4.98 Å². The number of halogens is 4. The van der Waals surface area contributed by atoms with Gasteiger partial charge < -0.3 is 14.5 Å². The summed E-state index contributed by atoms with van der Waals surface area (Å²) < 4.78 is 39.4. The number of H-pyrrole nitrogens is 1. The SMILES string of the molecule is COc1cc(OCc2ncc(Br)cc2F)ccc1-c1[nH]c(-c2ccc(F)nc2)nc1Br. The molecule has 3 heterocycles. The van der Waals surface area contributed by atoms with E-state index >= 15 is 0 Å². The Bertz CT molecular complexity index is 1230. The van der Waals surface area contributed by atoms with Crippen LogP contribution in [-0.4, -0.2) is 27.0 Å². The Labute approximate surface area is 192 Å². The van der Waals surface area contributed by atoms with Gasteiger partial charge in [-0.15, -0.1) is 0 Å². The van der Waals surface area contributed by atoms with Gasteiger partial charge in [0, 0.05) is 34.1 Å². The van der Waals surface area contributed by atoms with Gasteiger partial charge in [-0.25, -0.2) is 14.4 Å². The number of nitrogens with one attached hydrogen (secondary N) is 1. The van der Waals surface area contributed by atoms with E-state index in [-0.39, 0.29) is 12.3 Å². The van der Waals surface area contributed by atoms with Crippen molar-refractivity contribution in [2.24, 2.45) is 0 Å². The van der Waals surface area contributed by atoms with E-state index in [0.717, 1.165) is 5.56 Å². The van der Waals surface area contributed by atoms with Crippen LogP contribution in [0.15, 0.2) is 57.9 Å². The second kappa shape index (κ2) is 9.11. The molecule has 4 aromatic rings. The Kier molecular flexibility index (Phi) is 6.28. The van der Waals surface area contributed by atoms with E-state index in [9.17, 15) is 8.78 Å². The molecule has 0 aliphatic heterocycles. The number of aromatic amines is 1. The topological polar surface area (TPSA) is 72.9 Å². The number of ether oxygens (including phenoxy) is 2. The van der Waals surface area contributed by atoms with Crippen LogP contribution in [-0.2, 0) is 6.61 Å². The summed E-state index contributed by atoms with van der Waals surface area (Å²) in [6.45, 7) is -0.0307. The molecule has 0 unspecified atom stereocenters. The first-order valence-electron chi connectivity index (χ1n) is 8.93. The fourth-order valence-electron chi connectivity index (χ4n) is 2.85. The zero-order chi connectivity index (χ0) is 22.0. The van der Waals surface area contributed by atoms with E-state index in [4.69, 9.17) is 9.47 Å². The first kappa shape index (κ1) is 21.4. The van der Waals surface area contributed by atoms with Crippen LogP contribution in [0.3, 0.4) is 0 Å². The summed E-state index contributed by atoms with van der Waals surface area (Å²) in [4.78, 5) is 15.3. The molecule has 0 aliphatic carbocycles. The van der Waals surface area contributed by atoms with Crippen molar-refractivity contribution in [1.82, 2.24) is 19.9 Å². The number of methoxy groups -OCH3 is 1. The molecule has 0 bridgehead atoms. The maximum atomic E-state index is 14.0. The highest BCUT2D eigenvalue weighted by Gasteiger charge is 2.17. The quantitative estimate of drug-likeness (QED) is 0.301. The van der Waals surface area contributed by atoms with E-state index in [0.29, 0.717) is 37.7 Å². The first-order chi connectivity index (χ1) is 14.9. The smallest absolute Gasteiger partial charge is 0.212 e. The molecule has 0 aliphatic rings. The number of aromatic nitrogens is 4. The van der Waals surface area contributed by atoms with Crippen LogP contribution in [0.1, 0.15) is 5.69 Å². The monoisotopic (exact) mass is 550 g/mol. The summed E-state index contributed by atoms with van der Waals surface area (Å²) in [5, 5.41) is 0. The van der Waals surface area contributed by atoms with Gasteiger partial charge in [-0.05, 0) is 62.2 Å². The normalized spacial score (nSPS) is 10.9. The summed E-state index contributed by atoms with van der Waals surface area (Å²) >= 11 is 6.62. The van der Waals surface area contributed by atoms with Crippen molar-refractivity contribution in [2.45, 2.75) is 6.61 Å². The Hall–Kier alpha value is -2.85. The van der Waals surface area contributed by atoms with Crippen molar-refractivity contribution >= 4 is 31.9 Å². The zero-order valence-electron chi connectivity index (χ0n) is 16.0. The van der Waals surface area contributed by atoms with Gasteiger partial charge >= 0.3 is 0 Å². The largest absolute Gasteiger partial charge is 0.496 e. The molecular weight excluding hydrogens is 538 g/mol. The van der Waals surface area contributed by atoms with Gasteiger partial charge in [0.2, 0.25) is 5.95 Å². The lowest BCUT2D eigenvalue weighted by molar-refractivity contribution is 0.292. The summed E-state index contributed by atoms with van der Waals surface area (Å²) in [5.41, 5.74) is 2.23. The predicted molar refractivity (Wildman–Crippen MR) is 118 cm³/mol. The molecule has 0 fully saturated rings. The average molecular weight is 552 g/mol. The third kappa shape index (κ3) is 4.75. The Morgan fingerprint density at radius 2 is 1.87 bits per heavy atom. The molecule has 0 saturated carbocycles.